The normalized spacial score (nSPS) is 10.0. The van der Waals surface area contributed by atoms with Crippen molar-refractivity contribution in [3.05, 3.63) is 47.3 Å². The van der Waals surface area contributed by atoms with Crippen molar-refractivity contribution >= 4 is 23.5 Å². The van der Waals surface area contributed by atoms with Gasteiger partial charge in [-0.3, -0.25) is 10.1 Å². The predicted molar refractivity (Wildman–Crippen MR) is 80.6 cm³/mol. The van der Waals surface area contributed by atoms with Crippen LogP contribution in [0.5, 0.6) is 0 Å². The van der Waals surface area contributed by atoms with Crippen LogP contribution in [0.15, 0.2) is 30.3 Å². The third-order valence-corrected chi connectivity index (χ3v) is 2.73. The number of anilines is 2. The van der Waals surface area contributed by atoms with Gasteiger partial charge in [0.25, 0.3) is 0 Å². The van der Waals surface area contributed by atoms with E-state index in [1.54, 1.807) is 24.3 Å². The summed E-state index contributed by atoms with van der Waals surface area (Å²) in [6, 6.07) is 8.08. The number of aromatic nitrogens is 2. The van der Waals surface area contributed by atoms with Crippen molar-refractivity contribution in [2.24, 2.45) is 0 Å². The molecule has 2 amide bonds. The van der Waals surface area contributed by atoms with E-state index >= 15 is 0 Å². The van der Waals surface area contributed by atoms with Crippen molar-refractivity contribution in [1.82, 2.24) is 9.97 Å². The minimum absolute atomic E-state index is 0.0586. The quantitative estimate of drug-likeness (QED) is 0.849. The van der Waals surface area contributed by atoms with Gasteiger partial charge >= 0.3 is 6.03 Å². The van der Waals surface area contributed by atoms with Crippen LogP contribution in [-0.4, -0.2) is 21.8 Å². The summed E-state index contributed by atoms with van der Waals surface area (Å²) in [5.74, 6) is 0.185. The average Bonchev–Trinajstić information content (AvgIpc) is 2.37. The Morgan fingerprint density at radius 3 is 2.29 bits per heavy atom. The molecule has 0 aliphatic rings. The summed E-state index contributed by atoms with van der Waals surface area (Å²) in [5.41, 5.74) is 2.62. The number of benzene rings is 1. The molecule has 2 rings (SSSR count). The summed E-state index contributed by atoms with van der Waals surface area (Å²) in [7, 11) is 0. The molecule has 108 valence electrons. The van der Waals surface area contributed by atoms with E-state index in [-0.39, 0.29) is 11.7 Å². The van der Waals surface area contributed by atoms with Crippen molar-refractivity contribution in [2.45, 2.75) is 20.8 Å². The second-order valence-electron chi connectivity index (χ2n) is 4.69. The third-order valence-electron chi connectivity index (χ3n) is 2.73. The average molecular weight is 284 g/mol. The molecule has 6 nitrogen and oxygen atoms in total. The van der Waals surface area contributed by atoms with Crippen LogP contribution < -0.4 is 10.6 Å². The lowest BCUT2D eigenvalue weighted by molar-refractivity contribution is 0.101. The molecular weight excluding hydrogens is 268 g/mol. The fraction of sp³-hybridized carbons (Fsp3) is 0.200. The number of nitrogens with zero attached hydrogens (tertiary/aromatic N) is 2. The minimum atomic E-state index is -0.458. The topological polar surface area (TPSA) is 84.0 Å². The largest absolute Gasteiger partial charge is 0.326 e. The number of hydrogen-bond donors (Lipinski definition) is 2. The van der Waals surface area contributed by atoms with E-state index in [0.717, 1.165) is 11.4 Å². The third kappa shape index (κ3) is 4.10. The highest BCUT2D eigenvalue weighted by Crippen LogP contribution is 2.12. The molecule has 6 heteroatoms. The predicted octanol–water partition coefficient (Wildman–Crippen LogP) is 2.94. The maximum atomic E-state index is 11.9. The molecule has 1 aromatic heterocycles. The molecule has 0 radical (unpaired) electrons. The monoisotopic (exact) mass is 284 g/mol. The summed E-state index contributed by atoms with van der Waals surface area (Å²) in [6.45, 7) is 5.13. The van der Waals surface area contributed by atoms with Gasteiger partial charge in [-0.25, -0.2) is 14.8 Å². The number of ketones is 1. The van der Waals surface area contributed by atoms with Gasteiger partial charge in [-0.1, -0.05) is 12.1 Å². The highest BCUT2D eigenvalue weighted by molar-refractivity contribution is 6.00. The zero-order valence-corrected chi connectivity index (χ0v) is 12.1. The number of aryl methyl sites for hydroxylation is 2. The number of carbonyl (C=O) groups excluding carboxylic acids is 2. The fourth-order valence-electron chi connectivity index (χ4n) is 1.86. The van der Waals surface area contributed by atoms with Crippen LogP contribution in [0.3, 0.4) is 0 Å². The first-order chi connectivity index (χ1) is 9.94. The van der Waals surface area contributed by atoms with Crippen LogP contribution in [0, 0.1) is 13.8 Å². The fourth-order valence-corrected chi connectivity index (χ4v) is 1.86. The van der Waals surface area contributed by atoms with Crippen LogP contribution in [0.25, 0.3) is 0 Å². The van der Waals surface area contributed by atoms with Gasteiger partial charge in [0, 0.05) is 22.6 Å². The van der Waals surface area contributed by atoms with E-state index in [1.807, 2.05) is 19.9 Å². The number of urea groups is 1. The zero-order valence-electron chi connectivity index (χ0n) is 12.1. The van der Waals surface area contributed by atoms with Gasteiger partial charge in [-0.05, 0) is 39.0 Å². The highest BCUT2D eigenvalue weighted by atomic mass is 16.2. The second-order valence-corrected chi connectivity index (χ2v) is 4.69. The Hall–Kier alpha value is -2.76. The Morgan fingerprint density at radius 2 is 1.67 bits per heavy atom. The summed E-state index contributed by atoms with van der Waals surface area (Å²) >= 11 is 0. The number of rotatable bonds is 3. The molecule has 0 spiro atoms. The van der Waals surface area contributed by atoms with Crippen LogP contribution >= 0.6 is 0 Å². The maximum absolute atomic E-state index is 11.9. The number of hydrogen-bond acceptors (Lipinski definition) is 4. The van der Waals surface area contributed by atoms with Crippen molar-refractivity contribution < 1.29 is 9.59 Å². The van der Waals surface area contributed by atoms with Gasteiger partial charge in [0.15, 0.2) is 5.78 Å². The van der Waals surface area contributed by atoms with Crippen molar-refractivity contribution in [2.75, 3.05) is 10.6 Å². The van der Waals surface area contributed by atoms with E-state index in [0.29, 0.717) is 11.3 Å². The molecule has 0 saturated carbocycles. The molecule has 0 unspecified atom stereocenters. The molecule has 0 atom stereocenters. The SMILES string of the molecule is CC(=O)c1cccc(NC(=O)Nc2nc(C)cc(C)n2)c1. The lowest BCUT2D eigenvalue weighted by atomic mass is 10.1. The van der Waals surface area contributed by atoms with Crippen molar-refractivity contribution in [1.29, 1.82) is 0 Å². The first-order valence-corrected chi connectivity index (χ1v) is 6.45. The Balaban J connectivity index is 2.08. The van der Waals surface area contributed by atoms with E-state index in [4.69, 9.17) is 0 Å². The lowest BCUT2D eigenvalue weighted by Crippen LogP contribution is -2.21. The molecule has 1 heterocycles. The molecule has 0 fully saturated rings. The van der Waals surface area contributed by atoms with Gasteiger partial charge in [-0.2, -0.15) is 0 Å². The van der Waals surface area contributed by atoms with Crippen molar-refractivity contribution in [3.8, 4) is 0 Å². The minimum Gasteiger partial charge on any atom is -0.308 e. The standard InChI is InChI=1S/C15H16N4O2/c1-9-7-10(2)17-14(16-9)19-15(21)18-13-6-4-5-12(8-13)11(3)20/h4-8H,1-3H3,(H2,16,17,18,19,21). The van der Waals surface area contributed by atoms with Gasteiger partial charge in [0.05, 0.1) is 0 Å². The van der Waals surface area contributed by atoms with Crippen LogP contribution in [0.4, 0.5) is 16.4 Å². The van der Waals surface area contributed by atoms with Gasteiger partial charge in [0.1, 0.15) is 0 Å². The Labute approximate surface area is 122 Å². The number of amides is 2. The molecule has 0 aliphatic heterocycles. The van der Waals surface area contributed by atoms with E-state index in [2.05, 4.69) is 20.6 Å². The molecule has 2 aromatic rings. The number of Topliss-reactive ketones (excluding diaryl/α,β-unsaturated/α-hetero) is 1. The van der Waals surface area contributed by atoms with E-state index in [1.165, 1.54) is 6.92 Å². The van der Waals surface area contributed by atoms with Gasteiger partial charge in [-0.15, -0.1) is 0 Å². The van der Waals surface area contributed by atoms with E-state index in [9.17, 15) is 9.59 Å². The Bertz CT molecular complexity index is 678. The summed E-state index contributed by atoms with van der Waals surface area (Å²) < 4.78 is 0. The molecule has 0 saturated heterocycles. The second kappa shape index (κ2) is 6.13. The molecule has 0 aliphatic carbocycles. The van der Waals surface area contributed by atoms with Crippen LogP contribution in [0.1, 0.15) is 28.7 Å². The molecular formula is C15H16N4O2. The highest BCUT2D eigenvalue weighted by Gasteiger charge is 2.07. The first-order valence-electron chi connectivity index (χ1n) is 6.45. The Kier molecular flexibility index (Phi) is 4.27. The first kappa shape index (κ1) is 14.6. The van der Waals surface area contributed by atoms with Crippen LogP contribution in [-0.2, 0) is 0 Å². The number of nitrogens with one attached hydrogen (secondary N) is 2. The maximum Gasteiger partial charge on any atom is 0.326 e. The summed E-state index contributed by atoms with van der Waals surface area (Å²) in [6.07, 6.45) is 0. The zero-order chi connectivity index (χ0) is 15.4. The summed E-state index contributed by atoms with van der Waals surface area (Å²) in [5, 5.41) is 5.21. The van der Waals surface area contributed by atoms with Gasteiger partial charge < -0.3 is 5.32 Å². The summed E-state index contributed by atoms with van der Waals surface area (Å²) in [4.78, 5) is 31.4. The van der Waals surface area contributed by atoms with E-state index < -0.39 is 6.03 Å². The molecule has 0 bridgehead atoms. The number of carbonyl (C=O) groups is 2. The van der Waals surface area contributed by atoms with Crippen LogP contribution in [0.2, 0.25) is 0 Å². The van der Waals surface area contributed by atoms with Gasteiger partial charge in [0.2, 0.25) is 5.95 Å². The Morgan fingerprint density at radius 1 is 1.00 bits per heavy atom. The smallest absolute Gasteiger partial charge is 0.308 e. The molecule has 1 aromatic carbocycles. The molecule has 2 N–H and O–H groups in total. The lowest BCUT2D eigenvalue weighted by Gasteiger charge is -2.08. The van der Waals surface area contributed by atoms with Crippen molar-refractivity contribution in [3.63, 3.8) is 0 Å². The molecule has 21 heavy (non-hydrogen) atoms.